The van der Waals surface area contributed by atoms with Gasteiger partial charge in [-0.2, -0.15) is 4.98 Å². The van der Waals surface area contributed by atoms with Gasteiger partial charge in [-0.1, -0.05) is 23.7 Å². The normalized spacial score (nSPS) is 18.0. The highest BCUT2D eigenvalue weighted by Crippen LogP contribution is 2.46. The van der Waals surface area contributed by atoms with Crippen molar-refractivity contribution in [2.75, 3.05) is 23.7 Å². The van der Waals surface area contributed by atoms with Crippen molar-refractivity contribution in [2.45, 2.75) is 88.2 Å². The molecular weight excluding hydrogens is 622 g/mol. The summed E-state index contributed by atoms with van der Waals surface area (Å²) >= 11 is 6.45. The van der Waals surface area contributed by atoms with Crippen molar-refractivity contribution in [3.05, 3.63) is 58.2 Å². The summed E-state index contributed by atoms with van der Waals surface area (Å²) in [5.74, 6) is 1.51. The second kappa shape index (κ2) is 12.5. The molecule has 0 bridgehead atoms. The highest BCUT2D eigenvalue weighted by Gasteiger charge is 2.35. The van der Waals surface area contributed by atoms with Gasteiger partial charge in [-0.15, -0.1) is 0 Å². The summed E-state index contributed by atoms with van der Waals surface area (Å²) in [7, 11) is -6.83. The van der Waals surface area contributed by atoms with Crippen molar-refractivity contribution in [3.63, 3.8) is 0 Å². The van der Waals surface area contributed by atoms with E-state index < -0.39 is 30.4 Å². The van der Waals surface area contributed by atoms with Gasteiger partial charge in [0, 0.05) is 25.1 Å². The fraction of sp³-hybridized carbons (Fsp3) is 0.484. The molecule has 0 radical (unpaired) electrons. The lowest BCUT2D eigenvalue weighted by molar-refractivity contribution is 0.256. The SMILES string of the molecule is Cc1cc(Nc2ncc(Cl)c(Nc3ccccc3S(=O)(=O)C(C)C)n2)c2c(c1C1CCN(S(=O)(=O)C(C)C)CC1)C[C@@H](C)O2. The number of sulfone groups is 1. The molecule has 2 aliphatic rings. The number of aryl methyl sites for hydroxylation is 1. The fourth-order valence-corrected chi connectivity index (χ4v) is 8.60. The number of hydrogen-bond donors (Lipinski definition) is 2. The number of fused-ring (bicyclic) bond motifs is 1. The predicted molar refractivity (Wildman–Crippen MR) is 175 cm³/mol. The summed E-state index contributed by atoms with van der Waals surface area (Å²) in [6.45, 7) is 11.8. The highest BCUT2D eigenvalue weighted by molar-refractivity contribution is 7.92. The molecule has 2 N–H and O–H groups in total. The van der Waals surface area contributed by atoms with E-state index in [1.165, 1.54) is 11.8 Å². The maximum Gasteiger partial charge on any atom is 0.229 e. The largest absolute Gasteiger partial charge is 0.488 e. The molecule has 0 amide bonds. The predicted octanol–water partition coefficient (Wildman–Crippen LogP) is 6.35. The number of halogens is 1. The number of ether oxygens (including phenoxy) is 1. The van der Waals surface area contributed by atoms with Crippen molar-refractivity contribution >= 4 is 54.6 Å². The van der Waals surface area contributed by atoms with Crippen LogP contribution in [0.1, 0.15) is 70.1 Å². The average Bonchev–Trinajstić information content (AvgIpc) is 3.36. The zero-order chi connectivity index (χ0) is 32.0. The van der Waals surface area contributed by atoms with E-state index in [9.17, 15) is 16.8 Å². The number of hydrogen-bond acceptors (Lipinski definition) is 9. The Balaban J connectivity index is 1.42. The third kappa shape index (κ3) is 6.27. The molecule has 5 rings (SSSR count). The number of aromatic nitrogens is 2. The molecule has 1 saturated heterocycles. The van der Waals surface area contributed by atoms with Crippen LogP contribution in [0.4, 0.5) is 23.1 Å². The first kappa shape index (κ1) is 32.5. The van der Waals surface area contributed by atoms with Crippen LogP contribution in [0.2, 0.25) is 5.02 Å². The molecule has 1 aromatic heterocycles. The Kier molecular flexibility index (Phi) is 9.19. The van der Waals surface area contributed by atoms with Crippen LogP contribution in [-0.2, 0) is 26.3 Å². The van der Waals surface area contributed by atoms with Crippen LogP contribution in [0, 0.1) is 6.92 Å². The molecule has 1 fully saturated rings. The maximum absolute atomic E-state index is 13.0. The smallest absolute Gasteiger partial charge is 0.229 e. The number of nitrogens with zero attached hydrogens (tertiary/aromatic N) is 3. The molecule has 0 saturated carbocycles. The molecular formula is C31H40ClN5O5S2. The molecule has 10 nitrogen and oxygen atoms in total. The van der Waals surface area contributed by atoms with Crippen LogP contribution in [0.25, 0.3) is 0 Å². The molecule has 0 spiro atoms. The van der Waals surface area contributed by atoms with E-state index in [1.54, 1.807) is 56.3 Å². The van der Waals surface area contributed by atoms with E-state index in [4.69, 9.17) is 16.3 Å². The van der Waals surface area contributed by atoms with Crippen LogP contribution < -0.4 is 15.4 Å². The summed E-state index contributed by atoms with van der Waals surface area (Å²) in [5.41, 5.74) is 4.55. The second-order valence-electron chi connectivity index (χ2n) is 12.1. The van der Waals surface area contributed by atoms with E-state index in [0.717, 1.165) is 41.8 Å². The van der Waals surface area contributed by atoms with Gasteiger partial charge in [0.25, 0.3) is 0 Å². The average molecular weight is 662 g/mol. The molecule has 0 aliphatic carbocycles. The van der Waals surface area contributed by atoms with E-state index in [-0.39, 0.29) is 33.7 Å². The molecule has 44 heavy (non-hydrogen) atoms. The van der Waals surface area contributed by atoms with Gasteiger partial charge in [0.15, 0.2) is 15.7 Å². The standard InChI is InChI=1S/C31H40ClN5O5S2/c1-18(2)43(38,39)27-10-8-7-9-25(27)34-30-24(32)17-33-31(36-30)35-26-15-20(5)28(23-16-21(6)42-29(23)26)22-11-13-37(14-12-22)44(40,41)19(3)4/h7-10,15,17-19,21-22H,11-14,16H2,1-6H3,(H2,33,34,35,36)/t21-/m1/s1. The fourth-order valence-electron chi connectivity index (χ4n) is 5.94. The van der Waals surface area contributed by atoms with E-state index in [1.807, 2.05) is 13.0 Å². The molecule has 2 aromatic carbocycles. The number of para-hydroxylation sites is 1. The summed E-state index contributed by atoms with van der Waals surface area (Å²) in [6.07, 6.45) is 3.70. The molecule has 3 heterocycles. The van der Waals surface area contributed by atoms with Crippen molar-refractivity contribution < 1.29 is 21.6 Å². The lowest BCUT2D eigenvalue weighted by Crippen LogP contribution is -2.41. The lowest BCUT2D eigenvalue weighted by Gasteiger charge is -2.34. The Bertz CT molecular complexity index is 1770. The quantitative estimate of drug-likeness (QED) is 0.269. The molecule has 0 unspecified atom stereocenters. The number of nitrogens with one attached hydrogen (secondary N) is 2. The first-order valence-electron chi connectivity index (χ1n) is 14.9. The monoisotopic (exact) mass is 661 g/mol. The number of piperidine rings is 1. The Morgan fingerprint density at radius 2 is 1.68 bits per heavy atom. The van der Waals surface area contributed by atoms with Gasteiger partial charge in [-0.3, -0.25) is 0 Å². The summed E-state index contributed by atoms with van der Waals surface area (Å²) in [5, 5.41) is 5.60. The second-order valence-corrected chi connectivity index (χ2v) is 17.5. The van der Waals surface area contributed by atoms with Crippen LogP contribution in [-0.4, -0.2) is 60.8 Å². The van der Waals surface area contributed by atoms with Gasteiger partial charge in [0.2, 0.25) is 16.0 Å². The molecule has 3 aromatic rings. The molecule has 13 heteroatoms. The van der Waals surface area contributed by atoms with Gasteiger partial charge in [0.1, 0.15) is 16.9 Å². The first-order valence-corrected chi connectivity index (χ1v) is 18.3. The van der Waals surface area contributed by atoms with E-state index >= 15 is 0 Å². The van der Waals surface area contributed by atoms with Crippen LogP contribution in [0.3, 0.4) is 0 Å². The number of sulfonamides is 1. The highest BCUT2D eigenvalue weighted by atomic mass is 35.5. The Morgan fingerprint density at radius 3 is 2.34 bits per heavy atom. The number of anilines is 4. The summed E-state index contributed by atoms with van der Waals surface area (Å²) in [4.78, 5) is 9.13. The minimum Gasteiger partial charge on any atom is -0.488 e. The van der Waals surface area contributed by atoms with Crippen LogP contribution in [0.15, 0.2) is 41.4 Å². The summed E-state index contributed by atoms with van der Waals surface area (Å²) in [6, 6.07) is 8.69. The van der Waals surface area contributed by atoms with Gasteiger partial charge in [-0.25, -0.2) is 26.1 Å². The molecule has 238 valence electrons. The molecule has 2 aliphatic heterocycles. The Labute approximate surface area is 265 Å². The van der Waals surface area contributed by atoms with Gasteiger partial charge in [-0.05, 0) is 89.6 Å². The van der Waals surface area contributed by atoms with E-state index in [0.29, 0.717) is 18.8 Å². The van der Waals surface area contributed by atoms with Gasteiger partial charge >= 0.3 is 0 Å². The third-order valence-electron chi connectivity index (χ3n) is 8.32. The van der Waals surface area contributed by atoms with Gasteiger partial charge in [0.05, 0.1) is 33.0 Å². The van der Waals surface area contributed by atoms with Crippen LogP contribution >= 0.6 is 11.6 Å². The maximum atomic E-state index is 13.0. The van der Waals surface area contributed by atoms with Crippen LogP contribution in [0.5, 0.6) is 5.75 Å². The number of benzene rings is 2. The zero-order valence-corrected chi connectivity index (χ0v) is 28.3. The minimum absolute atomic E-state index is 0.0183. The lowest BCUT2D eigenvalue weighted by atomic mass is 9.83. The molecule has 1 atom stereocenters. The zero-order valence-electron chi connectivity index (χ0n) is 25.9. The van der Waals surface area contributed by atoms with Gasteiger partial charge < -0.3 is 15.4 Å². The van der Waals surface area contributed by atoms with E-state index in [2.05, 4.69) is 27.5 Å². The Hall–Kier alpha value is -2.93. The van der Waals surface area contributed by atoms with Crippen molar-refractivity contribution in [3.8, 4) is 5.75 Å². The van der Waals surface area contributed by atoms with Crippen molar-refractivity contribution in [2.24, 2.45) is 0 Å². The number of rotatable bonds is 9. The minimum atomic E-state index is -3.56. The summed E-state index contributed by atoms with van der Waals surface area (Å²) < 4.78 is 59.3. The Morgan fingerprint density at radius 1 is 1.00 bits per heavy atom. The van der Waals surface area contributed by atoms with Crippen molar-refractivity contribution in [1.29, 1.82) is 0 Å². The third-order valence-corrected chi connectivity index (χ3v) is 13.1. The van der Waals surface area contributed by atoms with Crippen molar-refractivity contribution in [1.82, 2.24) is 14.3 Å². The topological polar surface area (TPSA) is 131 Å². The first-order chi connectivity index (χ1) is 20.7.